The van der Waals surface area contributed by atoms with Gasteiger partial charge < -0.3 is 5.32 Å². The number of nitrogens with one attached hydrogen (secondary N) is 1. The van der Waals surface area contributed by atoms with Crippen LogP contribution < -0.4 is 5.32 Å². The number of rotatable bonds is 3. The van der Waals surface area contributed by atoms with E-state index in [1.54, 1.807) is 23.9 Å². The van der Waals surface area contributed by atoms with Gasteiger partial charge in [-0.1, -0.05) is 0 Å². The molecule has 0 saturated carbocycles. The van der Waals surface area contributed by atoms with Crippen LogP contribution in [-0.4, -0.2) is 12.2 Å². The van der Waals surface area contributed by atoms with Gasteiger partial charge in [0.25, 0.3) is 5.91 Å². The van der Waals surface area contributed by atoms with E-state index < -0.39 is 0 Å². The molecule has 5 heteroatoms. The van der Waals surface area contributed by atoms with E-state index in [4.69, 9.17) is 0 Å². The summed E-state index contributed by atoms with van der Waals surface area (Å²) in [5, 5.41) is 2.72. The maximum atomic E-state index is 13.1. The molecule has 0 radical (unpaired) electrons. The Hall–Kier alpha value is -1.33. The lowest BCUT2D eigenvalue weighted by atomic mass is 10.2. The van der Waals surface area contributed by atoms with Crippen molar-refractivity contribution in [2.24, 2.45) is 0 Å². The molecule has 0 unspecified atom stereocenters. The van der Waals surface area contributed by atoms with Gasteiger partial charge in [-0.25, -0.2) is 4.39 Å². The molecule has 0 fully saturated rings. The Kier molecular flexibility index (Phi) is 4.61. The van der Waals surface area contributed by atoms with Crippen molar-refractivity contribution in [2.45, 2.75) is 4.90 Å². The molecule has 2 rings (SSSR count). The summed E-state index contributed by atoms with van der Waals surface area (Å²) in [6.07, 6.45) is 1.98. The number of hydrogen-bond donors (Lipinski definition) is 1. The Bertz CT molecular complexity index is 601. The van der Waals surface area contributed by atoms with Crippen LogP contribution in [0.5, 0.6) is 0 Å². The van der Waals surface area contributed by atoms with Crippen LogP contribution in [0.25, 0.3) is 0 Å². The summed E-state index contributed by atoms with van der Waals surface area (Å²) in [6.45, 7) is 0. The lowest BCUT2D eigenvalue weighted by Gasteiger charge is -2.06. The Morgan fingerprint density at radius 3 is 2.47 bits per heavy atom. The lowest BCUT2D eigenvalue weighted by molar-refractivity contribution is 0.102. The van der Waals surface area contributed by atoms with Crippen molar-refractivity contribution in [1.82, 2.24) is 0 Å². The van der Waals surface area contributed by atoms with E-state index in [2.05, 4.69) is 21.2 Å². The van der Waals surface area contributed by atoms with Gasteiger partial charge in [0.1, 0.15) is 5.82 Å². The van der Waals surface area contributed by atoms with E-state index in [0.29, 0.717) is 15.7 Å². The number of carbonyl (C=O) groups is 1. The van der Waals surface area contributed by atoms with E-state index in [-0.39, 0.29) is 11.7 Å². The second-order valence-electron chi connectivity index (χ2n) is 3.81. The summed E-state index contributed by atoms with van der Waals surface area (Å²) < 4.78 is 13.4. The van der Waals surface area contributed by atoms with Crippen LogP contribution in [0.1, 0.15) is 10.4 Å². The molecule has 2 nitrogen and oxygen atoms in total. The average Bonchev–Trinajstić information content (AvgIpc) is 2.43. The summed E-state index contributed by atoms with van der Waals surface area (Å²) in [4.78, 5) is 13.1. The molecule has 0 saturated heterocycles. The Balaban J connectivity index is 2.13. The molecule has 1 N–H and O–H groups in total. The highest BCUT2D eigenvalue weighted by Gasteiger charge is 2.07. The summed E-state index contributed by atoms with van der Waals surface area (Å²) in [7, 11) is 0. The van der Waals surface area contributed by atoms with Crippen LogP contribution in [0.3, 0.4) is 0 Å². The van der Waals surface area contributed by atoms with Gasteiger partial charge in [0.05, 0.1) is 4.47 Å². The summed E-state index contributed by atoms with van der Waals surface area (Å²) in [6, 6.07) is 11.7. The molecule has 0 bridgehead atoms. The first-order chi connectivity index (χ1) is 9.10. The molecule has 0 aliphatic carbocycles. The molecule has 0 heterocycles. The Morgan fingerprint density at radius 1 is 1.21 bits per heavy atom. The molecule has 2 aromatic carbocycles. The van der Waals surface area contributed by atoms with Gasteiger partial charge >= 0.3 is 0 Å². The molecule has 0 spiro atoms. The predicted octanol–water partition coefficient (Wildman–Crippen LogP) is 4.56. The number of thioether (sulfide) groups is 1. The van der Waals surface area contributed by atoms with Crippen molar-refractivity contribution < 1.29 is 9.18 Å². The minimum absolute atomic E-state index is 0.217. The van der Waals surface area contributed by atoms with Gasteiger partial charge in [0, 0.05) is 16.1 Å². The monoisotopic (exact) mass is 339 g/mol. The third kappa shape index (κ3) is 3.58. The number of hydrogen-bond acceptors (Lipinski definition) is 2. The van der Waals surface area contributed by atoms with Crippen molar-refractivity contribution in [3.63, 3.8) is 0 Å². The summed E-state index contributed by atoms with van der Waals surface area (Å²) in [5.41, 5.74) is 1.12. The van der Waals surface area contributed by atoms with Crippen molar-refractivity contribution >= 4 is 39.3 Å². The van der Waals surface area contributed by atoms with Crippen LogP contribution in [0.15, 0.2) is 51.8 Å². The number of anilines is 1. The number of halogens is 2. The van der Waals surface area contributed by atoms with Gasteiger partial charge in [0.15, 0.2) is 0 Å². The molecular weight excluding hydrogens is 329 g/mol. The van der Waals surface area contributed by atoms with E-state index in [1.807, 2.05) is 18.4 Å². The number of benzene rings is 2. The number of amides is 1. The molecule has 19 heavy (non-hydrogen) atoms. The fraction of sp³-hybridized carbons (Fsp3) is 0.0714. The van der Waals surface area contributed by atoms with E-state index >= 15 is 0 Å². The predicted molar refractivity (Wildman–Crippen MR) is 80.3 cm³/mol. The zero-order valence-electron chi connectivity index (χ0n) is 10.1. The first-order valence-corrected chi connectivity index (χ1v) is 7.52. The van der Waals surface area contributed by atoms with E-state index in [9.17, 15) is 9.18 Å². The first kappa shape index (κ1) is 14.1. The second kappa shape index (κ2) is 6.21. The third-order valence-corrected chi connectivity index (χ3v) is 3.88. The summed E-state index contributed by atoms with van der Waals surface area (Å²) in [5.74, 6) is -0.575. The fourth-order valence-corrected chi connectivity index (χ4v) is 2.31. The quantitative estimate of drug-likeness (QED) is 0.830. The Morgan fingerprint density at radius 2 is 1.89 bits per heavy atom. The largest absolute Gasteiger partial charge is 0.322 e. The molecular formula is C14H11BrFNOS. The van der Waals surface area contributed by atoms with Gasteiger partial charge in [-0.15, -0.1) is 11.8 Å². The van der Waals surface area contributed by atoms with Crippen LogP contribution in [0.4, 0.5) is 10.1 Å². The fourth-order valence-electron chi connectivity index (χ4n) is 1.52. The topological polar surface area (TPSA) is 29.1 Å². The third-order valence-electron chi connectivity index (χ3n) is 2.53. The van der Waals surface area contributed by atoms with Crippen molar-refractivity contribution in [3.05, 3.63) is 58.3 Å². The highest BCUT2D eigenvalue weighted by molar-refractivity contribution is 9.10. The highest BCUT2D eigenvalue weighted by atomic mass is 79.9. The van der Waals surface area contributed by atoms with Crippen LogP contribution in [0, 0.1) is 5.82 Å². The molecule has 0 aliphatic rings. The lowest BCUT2D eigenvalue weighted by Crippen LogP contribution is -2.11. The van der Waals surface area contributed by atoms with Gasteiger partial charge in [-0.3, -0.25) is 4.79 Å². The first-order valence-electron chi connectivity index (χ1n) is 5.50. The maximum Gasteiger partial charge on any atom is 0.255 e. The van der Waals surface area contributed by atoms with Gasteiger partial charge in [0.2, 0.25) is 0 Å². The van der Waals surface area contributed by atoms with Crippen LogP contribution in [0.2, 0.25) is 0 Å². The van der Waals surface area contributed by atoms with Crippen molar-refractivity contribution in [3.8, 4) is 0 Å². The summed E-state index contributed by atoms with van der Waals surface area (Å²) >= 11 is 4.70. The molecule has 2 aromatic rings. The average molecular weight is 340 g/mol. The highest BCUT2D eigenvalue weighted by Crippen LogP contribution is 2.21. The zero-order valence-corrected chi connectivity index (χ0v) is 12.5. The zero-order chi connectivity index (χ0) is 13.8. The molecule has 0 aromatic heterocycles. The second-order valence-corrected chi connectivity index (χ2v) is 5.55. The van der Waals surface area contributed by atoms with Gasteiger partial charge in [-0.05, 0) is 64.7 Å². The van der Waals surface area contributed by atoms with E-state index in [1.165, 1.54) is 18.2 Å². The SMILES string of the molecule is CSc1ccc(C(=O)Nc2ccc(F)c(Br)c2)cc1. The molecule has 0 aliphatic heterocycles. The Labute approximate surface area is 123 Å². The minimum Gasteiger partial charge on any atom is -0.322 e. The van der Waals surface area contributed by atoms with Crippen molar-refractivity contribution in [1.29, 1.82) is 0 Å². The molecule has 1 amide bonds. The van der Waals surface area contributed by atoms with Crippen molar-refractivity contribution in [2.75, 3.05) is 11.6 Å². The standard InChI is InChI=1S/C14H11BrFNOS/c1-19-11-5-2-9(3-6-11)14(18)17-10-4-7-13(16)12(15)8-10/h2-8H,1H3,(H,17,18). The smallest absolute Gasteiger partial charge is 0.255 e. The number of carbonyl (C=O) groups excluding carboxylic acids is 1. The van der Waals surface area contributed by atoms with Crippen LogP contribution >= 0.6 is 27.7 Å². The molecule has 0 atom stereocenters. The maximum absolute atomic E-state index is 13.1. The minimum atomic E-state index is -0.359. The van der Waals surface area contributed by atoms with Crippen LogP contribution in [-0.2, 0) is 0 Å². The normalized spacial score (nSPS) is 10.3. The molecule has 98 valence electrons. The van der Waals surface area contributed by atoms with Gasteiger partial charge in [-0.2, -0.15) is 0 Å². The van der Waals surface area contributed by atoms with E-state index in [0.717, 1.165) is 4.90 Å².